The number of carboxylic acids is 1. The number of H-pyrrole nitrogens is 1. The monoisotopic (exact) mass is 1190 g/mol. The second-order valence-corrected chi connectivity index (χ2v) is 23.3. The number of ether oxygens (including phenoxy) is 4. The first kappa shape index (κ1) is 58.7. The van der Waals surface area contributed by atoms with Crippen molar-refractivity contribution in [2.75, 3.05) is 19.8 Å². The predicted octanol–water partition coefficient (Wildman–Crippen LogP) is -1.32. The van der Waals surface area contributed by atoms with Crippen LogP contribution in [-0.4, -0.2) is 185 Å². The number of aliphatic hydroxyl groups excluding tert-OH is 7. The van der Waals surface area contributed by atoms with Crippen molar-refractivity contribution in [1.82, 2.24) is 15.6 Å². The molecule has 86 heavy (non-hydrogen) atoms. The molecule has 15 atom stereocenters. The van der Waals surface area contributed by atoms with Crippen molar-refractivity contribution in [3.8, 4) is 58.0 Å². The van der Waals surface area contributed by atoms with Crippen molar-refractivity contribution in [2.45, 2.75) is 141 Å². The van der Waals surface area contributed by atoms with Crippen LogP contribution in [0.2, 0.25) is 0 Å². The van der Waals surface area contributed by atoms with Gasteiger partial charge in [-0.15, -0.1) is 0 Å². The Bertz CT molecular complexity index is 3830. The van der Waals surface area contributed by atoms with E-state index in [4.69, 9.17) is 23.4 Å². The number of piperidine rings is 1. The summed E-state index contributed by atoms with van der Waals surface area (Å²) in [4.78, 5) is 62.0. The van der Waals surface area contributed by atoms with Gasteiger partial charge in [0, 0.05) is 102 Å². The summed E-state index contributed by atoms with van der Waals surface area (Å²) in [6.07, 6.45) is -12.4. The molecule has 6 bridgehead atoms. The normalized spacial score (nSPS) is 36.2. The van der Waals surface area contributed by atoms with Gasteiger partial charge in [0.25, 0.3) is 11.4 Å². The Morgan fingerprint density at radius 1 is 0.872 bits per heavy atom. The molecule has 2 aromatic carbocycles. The number of esters is 1. The van der Waals surface area contributed by atoms with Gasteiger partial charge in [0.05, 0.1) is 12.6 Å². The number of fused-ring (bicyclic) bond motifs is 7. The van der Waals surface area contributed by atoms with Crippen LogP contribution < -0.4 is 20.8 Å². The van der Waals surface area contributed by atoms with Crippen molar-refractivity contribution in [3.63, 3.8) is 0 Å². The topological polar surface area (TPSA) is 441 Å². The minimum absolute atomic E-state index is 0.00177. The number of ketones is 1. The number of carbonyl (C=O) groups is 3. The summed E-state index contributed by atoms with van der Waals surface area (Å²) >= 11 is 0. The number of phenols is 3. The maximum Gasteiger partial charge on any atom is 0.354 e. The van der Waals surface area contributed by atoms with Crippen LogP contribution in [0.5, 0.6) is 23.0 Å². The summed E-state index contributed by atoms with van der Waals surface area (Å²) in [6, 6.07) is 6.03. The number of nitrogens with one attached hydrogen (secondary N) is 3. The number of benzene rings is 2. The molecule has 1 aliphatic carbocycles. The van der Waals surface area contributed by atoms with E-state index in [2.05, 4.69) is 33.4 Å². The van der Waals surface area contributed by atoms with Gasteiger partial charge in [0.15, 0.2) is 34.9 Å². The summed E-state index contributed by atoms with van der Waals surface area (Å²) in [5.41, 5.74) is -11.0. The molecule has 26 nitrogen and oxygen atoms in total. The standard InChI is InChI=1S/C60H61N3O23/c1-26-7-13-62-52-33(26)18-31(24-63-52)34-20-35-32-5-6-36(66)37(67)16-27(25-65)23-58-49(73)51(75)60(80,81)56(85-58,53(76)77)11-3-12-57(54(78)84-58)55(79,10-2-4-28-8-14-61-45(28)32)48(72)50(74)59(35,86-57)83-42-22-41-44(47(71)43(34)42)38(68)21-40(82-41)30-17-29(9-15-64)46(70)39(69)19-30/h8,14,17-22,24,26-27,32,34,36,48-52,61-66,69-75,79-81H,5-7,9-10,12-13,15-16,23,25H2,1H3,(H,76,77). The second kappa shape index (κ2) is 20.8. The number of carbonyl (C=O) groups excluding carboxylic acids is 2. The molecule has 4 fully saturated rings. The number of allylic oxidation sites excluding steroid dienone is 3. The highest BCUT2D eigenvalue weighted by molar-refractivity contribution is 5.90. The van der Waals surface area contributed by atoms with E-state index in [0.717, 1.165) is 23.8 Å². The smallest absolute Gasteiger partial charge is 0.354 e. The van der Waals surface area contributed by atoms with Crippen molar-refractivity contribution >= 4 is 28.7 Å². The van der Waals surface area contributed by atoms with Crippen molar-refractivity contribution < 1.29 is 109 Å². The highest BCUT2D eigenvalue weighted by Gasteiger charge is 2.78. The highest BCUT2D eigenvalue weighted by Crippen LogP contribution is 2.60. The molecule has 13 rings (SSSR count). The van der Waals surface area contributed by atoms with Crippen LogP contribution >= 0.6 is 0 Å². The maximum atomic E-state index is 16.2. The molecule has 26 heteroatoms. The lowest BCUT2D eigenvalue weighted by Crippen LogP contribution is -2.81. The number of phenolic OH excluding ortho intramolecular Hbond substituents is 3. The van der Waals surface area contributed by atoms with Crippen LogP contribution in [0.3, 0.4) is 0 Å². The molecule has 0 saturated carbocycles. The molecule has 2 aromatic heterocycles. The number of aliphatic carboxylic acids is 1. The first-order valence-electron chi connectivity index (χ1n) is 27.9. The quantitative estimate of drug-likeness (QED) is 0.0350. The van der Waals surface area contributed by atoms with Gasteiger partial charge in [0.1, 0.15) is 52.1 Å². The molecule has 4 saturated heterocycles. The number of dihydropyridines is 1. The third-order valence-corrected chi connectivity index (χ3v) is 18.3. The zero-order chi connectivity index (χ0) is 61.4. The Morgan fingerprint density at radius 2 is 1.65 bits per heavy atom. The fraction of sp³-hybridized carbons (Fsp3) is 0.467. The molecule has 15 unspecified atom stereocenters. The van der Waals surface area contributed by atoms with Crippen LogP contribution in [-0.2, 0) is 35.0 Å². The summed E-state index contributed by atoms with van der Waals surface area (Å²) in [6.45, 7) is 1.10. The van der Waals surface area contributed by atoms with Crippen molar-refractivity contribution in [3.05, 3.63) is 104 Å². The van der Waals surface area contributed by atoms with Gasteiger partial charge in [-0.05, 0) is 79.3 Å². The number of carboxylic acid groups (broad SMARTS) is 1. The Hall–Kier alpha value is -7.64. The van der Waals surface area contributed by atoms with Gasteiger partial charge in [-0.25, -0.2) is 9.59 Å². The third kappa shape index (κ3) is 8.54. The fourth-order valence-electron chi connectivity index (χ4n) is 13.6. The zero-order valence-corrected chi connectivity index (χ0v) is 45.7. The van der Waals surface area contributed by atoms with E-state index in [9.17, 15) is 85.9 Å². The van der Waals surface area contributed by atoms with E-state index >= 15 is 4.79 Å². The maximum absolute atomic E-state index is 16.2. The third-order valence-electron chi connectivity index (χ3n) is 18.3. The van der Waals surface area contributed by atoms with Crippen LogP contribution in [0.4, 0.5) is 0 Å². The van der Waals surface area contributed by atoms with Gasteiger partial charge in [0.2, 0.25) is 17.2 Å². The van der Waals surface area contributed by atoms with Crippen LogP contribution in [0.1, 0.15) is 86.1 Å². The minimum Gasteiger partial charge on any atom is -0.507 e. The Balaban J connectivity index is 1.20. The SMILES string of the molecule is CC1CCNC2NC=C(C3C=C4C5CCC(O)C(=O)CC(CO)CC67OC(=O)C8(CC#CC(C(=O)O)(O6)C(O)(O)C(O)C7O)OC4(Oc4cc6oc(-c7cc(O)c(O)c(CCO)c7)cc(=O)c6c(O)c43)C(O)C(O)C8(O)CC#Cc3cc[nH]c35)C=C12. The lowest BCUT2D eigenvalue weighted by molar-refractivity contribution is -0.434. The molecular formula is C60H61N3O23. The number of aliphatic hydroxyl groups is 10. The van der Waals surface area contributed by atoms with Crippen LogP contribution in [0.25, 0.3) is 22.3 Å². The lowest BCUT2D eigenvalue weighted by atomic mass is 9.66. The fourth-order valence-corrected chi connectivity index (χ4v) is 13.6. The van der Waals surface area contributed by atoms with Gasteiger partial charge >= 0.3 is 11.9 Å². The minimum atomic E-state index is -4.11. The van der Waals surface area contributed by atoms with E-state index in [1.807, 2.05) is 18.9 Å². The molecule has 9 aliphatic rings. The number of aromatic hydroxyl groups is 3. The molecular weight excluding hydrogens is 1130 g/mol. The zero-order valence-electron chi connectivity index (χ0n) is 45.7. The number of hydrogen-bond donors (Lipinski definition) is 17. The molecule has 0 amide bonds. The molecule has 8 aliphatic heterocycles. The average Bonchev–Trinajstić information content (AvgIpc) is 1.24. The summed E-state index contributed by atoms with van der Waals surface area (Å²) < 4.78 is 32.5. The number of Topliss-reactive ketones (excluding diaryl/α,β-unsaturated/α-hetero) is 1. The van der Waals surface area contributed by atoms with Gasteiger partial charge in [-0.2, -0.15) is 0 Å². The molecule has 0 radical (unpaired) electrons. The number of aromatic nitrogens is 1. The first-order valence-corrected chi connectivity index (χ1v) is 27.9. The van der Waals surface area contributed by atoms with E-state index in [-0.39, 0.29) is 58.0 Å². The molecule has 17 N–H and O–H groups in total. The van der Waals surface area contributed by atoms with Gasteiger partial charge in [-0.3, -0.25) is 14.9 Å². The Kier molecular flexibility index (Phi) is 14.2. The van der Waals surface area contributed by atoms with Gasteiger partial charge in [-0.1, -0.05) is 36.8 Å². The summed E-state index contributed by atoms with van der Waals surface area (Å²) in [7, 11) is 0. The van der Waals surface area contributed by atoms with E-state index in [1.165, 1.54) is 24.4 Å². The average molecular weight is 1190 g/mol. The summed E-state index contributed by atoms with van der Waals surface area (Å²) in [5, 5.41) is 171. The van der Waals surface area contributed by atoms with E-state index in [1.54, 1.807) is 6.20 Å². The largest absolute Gasteiger partial charge is 0.507 e. The first-order chi connectivity index (χ1) is 40.8. The van der Waals surface area contributed by atoms with Crippen molar-refractivity contribution in [1.29, 1.82) is 0 Å². The molecule has 3 spiro atoms. The Labute approximate surface area is 486 Å². The van der Waals surface area contributed by atoms with Crippen molar-refractivity contribution in [2.24, 2.45) is 11.8 Å². The Morgan fingerprint density at radius 3 is 2.40 bits per heavy atom. The highest BCUT2D eigenvalue weighted by atomic mass is 16.8. The molecule has 10 heterocycles. The molecule has 454 valence electrons. The van der Waals surface area contributed by atoms with Gasteiger partial charge < -0.3 is 105 Å². The number of aromatic amines is 1. The predicted molar refractivity (Wildman–Crippen MR) is 290 cm³/mol. The summed E-state index contributed by atoms with van der Waals surface area (Å²) in [5.74, 6) is -13.4. The molecule has 4 aromatic rings. The van der Waals surface area contributed by atoms with Crippen LogP contribution in [0.15, 0.2) is 80.8 Å². The van der Waals surface area contributed by atoms with E-state index < -0.39 is 191 Å². The lowest BCUT2D eigenvalue weighted by Gasteiger charge is -2.59. The van der Waals surface area contributed by atoms with E-state index in [0.29, 0.717) is 18.5 Å². The van der Waals surface area contributed by atoms with Crippen LogP contribution in [0, 0.1) is 35.5 Å². The second-order valence-electron chi connectivity index (χ2n) is 23.3. The number of rotatable bonds is 6. The number of hydrogen-bond acceptors (Lipinski definition) is 24.